The zero-order valence-corrected chi connectivity index (χ0v) is 13.5. The van der Waals surface area contributed by atoms with Gasteiger partial charge in [-0.15, -0.1) is 0 Å². The van der Waals surface area contributed by atoms with E-state index < -0.39 is 0 Å². The third-order valence-electron chi connectivity index (χ3n) is 4.66. The number of morpholine rings is 1. The van der Waals surface area contributed by atoms with Gasteiger partial charge in [0.2, 0.25) is 0 Å². The van der Waals surface area contributed by atoms with Crippen LogP contribution in [0.25, 0.3) is 0 Å². The van der Waals surface area contributed by atoms with E-state index in [0.717, 1.165) is 25.6 Å². The monoisotopic (exact) mass is 288 g/mol. The number of ether oxygens (including phenoxy) is 1. The quantitative estimate of drug-likeness (QED) is 0.901. The summed E-state index contributed by atoms with van der Waals surface area (Å²) in [6.07, 6.45) is 2.94. The van der Waals surface area contributed by atoms with Crippen LogP contribution >= 0.6 is 0 Å². The lowest BCUT2D eigenvalue weighted by Gasteiger charge is -2.40. The van der Waals surface area contributed by atoms with E-state index in [0.29, 0.717) is 12.1 Å². The molecule has 1 saturated heterocycles. The first-order valence-corrected chi connectivity index (χ1v) is 8.31. The van der Waals surface area contributed by atoms with Crippen molar-refractivity contribution in [1.29, 1.82) is 0 Å². The first kappa shape index (κ1) is 15.0. The SMILES string of the molecule is CC(C)NCC1OCCN(C)C1c1ccccc1C1CC1. The molecule has 1 aliphatic heterocycles. The third-order valence-corrected chi connectivity index (χ3v) is 4.66. The van der Waals surface area contributed by atoms with E-state index in [1.54, 1.807) is 5.56 Å². The topological polar surface area (TPSA) is 24.5 Å². The molecule has 3 rings (SSSR count). The van der Waals surface area contributed by atoms with Gasteiger partial charge in [0, 0.05) is 19.1 Å². The fourth-order valence-corrected chi connectivity index (χ4v) is 3.37. The maximum atomic E-state index is 6.12. The van der Waals surface area contributed by atoms with Crippen LogP contribution in [-0.4, -0.2) is 43.8 Å². The summed E-state index contributed by atoms with van der Waals surface area (Å²) in [6, 6.07) is 9.87. The minimum absolute atomic E-state index is 0.242. The highest BCUT2D eigenvalue weighted by molar-refractivity contribution is 5.36. The van der Waals surface area contributed by atoms with Gasteiger partial charge in [0.15, 0.2) is 0 Å². The zero-order valence-electron chi connectivity index (χ0n) is 13.5. The van der Waals surface area contributed by atoms with Crippen LogP contribution in [0.2, 0.25) is 0 Å². The molecule has 2 fully saturated rings. The standard InChI is InChI=1S/C18H28N2O/c1-13(2)19-12-17-18(20(3)10-11-21-17)16-7-5-4-6-15(16)14-8-9-14/h4-7,13-14,17-19H,8-12H2,1-3H3. The summed E-state index contributed by atoms with van der Waals surface area (Å²) < 4.78 is 6.12. The number of hydrogen-bond donors (Lipinski definition) is 1. The van der Waals surface area contributed by atoms with E-state index in [1.807, 2.05) is 0 Å². The first-order chi connectivity index (χ1) is 10.2. The Morgan fingerprint density at radius 2 is 1.95 bits per heavy atom. The summed E-state index contributed by atoms with van der Waals surface area (Å²) in [6.45, 7) is 7.16. The number of hydrogen-bond acceptors (Lipinski definition) is 3. The van der Waals surface area contributed by atoms with Crippen molar-refractivity contribution in [3.05, 3.63) is 35.4 Å². The van der Waals surface area contributed by atoms with Gasteiger partial charge < -0.3 is 10.1 Å². The van der Waals surface area contributed by atoms with E-state index in [-0.39, 0.29) is 6.10 Å². The molecule has 1 aromatic carbocycles. The highest BCUT2D eigenvalue weighted by atomic mass is 16.5. The lowest BCUT2D eigenvalue weighted by atomic mass is 9.91. The molecule has 0 aromatic heterocycles. The number of nitrogens with one attached hydrogen (secondary N) is 1. The van der Waals surface area contributed by atoms with Crippen molar-refractivity contribution in [3.8, 4) is 0 Å². The summed E-state index contributed by atoms with van der Waals surface area (Å²) in [5.41, 5.74) is 3.03. The van der Waals surface area contributed by atoms with Gasteiger partial charge in [-0.05, 0) is 36.9 Å². The van der Waals surface area contributed by atoms with E-state index in [2.05, 4.69) is 55.4 Å². The largest absolute Gasteiger partial charge is 0.374 e. The highest BCUT2D eigenvalue weighted by Crippen LogP contribution is 2.44. The predicted octanol–water partition coefficient (Wildman–Crippen LogP) is 2.93. The summed E-state index contributed by atoms with van der Waals surface area (Å²) in [7, 11) is 2.24. The molecule has 0 spiro atoms. The second-order valence-corrected chi connectivity index (χ2v) is 6.80. The van der Waals surface area contributed by atoms with Crippen molar-refractivity contribution in [1.82, 2.24) is 10.2 Å². The maximum Gasteiger partial charge on any atom is 0.0896 e. The van der Waals surface area contributed by atoms with Crippen LogP contribution in [0, 0.1) is 0 Å². The van der Waals surface area contributed by atoms with Crippen molar-refractivity contribution in [3.63, 3.8) is 0 Å². The molecule has 2 atom stereocenters. The Balaban J connectivity index is 1.84. The van der Waals surface area contributed by atoms with Gasteiger partial charge >= 0.3 is 0 Å². The second kappa shape index (κ2) is 6.47. The van der Waals surface area contributed by atoms with Crippen LogP contribution in [-0.2, 0) is 4.74 Å². The molecular formula is C18H28N2O. The molecular weight excluding hydrogens is 260 g/mol. The van der Waals surface area contributed by atoms with Gasteiger partial charge in [0.05, 0.1) is 18.8 Å². The molecule has 1 heterocycles. The number of benzene rings is 1. The Morgan fingerprint density at radius 3 is 2.62 bits per heavy atom. The van der Waals surface area contributed by atoms with E-state index in [4.69, 9.17) is 4.74 Å². The highest BCUT2D eigenvalue weighted by Gasteiger charge is 2.35. The van der Waals surface area contributed by atoms with Crippen LogP contribution in [0.15, 0.2) is 24.3 Å². The lowest BCUT2D eigenvalue weighted by Crippen LogP contribution is -2.48. The van der Waals surface area contributed by atoms with Crippen molar-refractivity contribution < 1.29 is 4.74 Å². The average molecular weight is 288 g/mol. The van der Waals surface area contributed by atoms with E-state index in [1.165, 1.54) is 18.4 Å². The van der Waals surface area contributed by atoms with E-state index in [9.17, 15) is 0 Å². The molecule has 0 amide bonds. The van der Waals surface area contributed by atoms with Crippen LogP contribution < -0.4 is 5.32 Å². The number of likely N-dealkylation sites (N-methyl/N-ethyl adjacent to an activating group) is 1. The minimum Gasteiger partial charge on any atom is -0.374 e. The van der Waals surface area contributed by atoms with Crippen LogP contribution in [0.1, 0.15) is 49.8 Å². The molecule has 1 aromatic rings. The van der Waals surface area contributed by atoms with Gasteiger partial charge in [-0.1, -0.05) is 38.1 Å². The summed E-state index contributed by atoms with van der Waals surface area (Å²) in [4.78, 5) is 2.47. The van der Waals surface area contributed by atoms with E-state index >= 15 is 0 Å². The van der Waals surface area contributed by atoms with Crippen molar-refractivity contribution >= 4 is 0 Å². The number of rotatable bonds is 5. The van der Waals surface area contributed by atoms with Crippen LogP contribution in [0.4, 0.5) is 0 Å². The molecule has 1 N–H and O–H groups in total. The Bertz CT molecular complexity index is 470. The minimum atomic E-state index is 0.242. The summed E-state index contributed by atoms with van der Waals surface area (Å²) in [5.74, 6) is 0.787. The van der Waals surface area contributed by atoms with Gasteiger partial charge in [0.25, 0.3) is 0 Å². The molecule has 21 heavy (non-hydrogen) atoms. The average Bonchev–Trinajstić information content (AvgIpc) is 3.30. The molecule has 0 bridgehead atoms. The van der Waals surface area contributed by atoms with Gasteiger partial charge in [0.1, 0.15) is 0 Å². The smallest absolute Gasteiger partial charge is 0.0896 e. The van der Waals surface area contributed by atoms with Gasteiger partial charge in [-0.2, -0.15) is 0 Å². The second-order valence-electron chi connectivity index (χ2n) is 6.80. The molecule has 2 unspecified atom stereocenters. The predicted molar refractivity (Wildman–Crippen MR) is 86.7 cm³/mol. The molecule has 1 aliphatic carbocycles. The third kappa shape index (κ3) is 3.47. The fourth-order valence-electron chi connectivity index (χ4n) is 3.37. The van der Waals surface area contributed by atoms with Crippen molar-refractivity contribution in [2.24, 2.45) is 0 Å². The van der Waals surface area contributed by atoms with Gasteiger partial charge in [-0.25, -0.2) is 0 Å². The Labute approximate surface area is 128 Å². The Hall–Kier alpha value is -0.900. The summed E-state index contributed by atoms with van der Waals surface area (Å²) >= 11 is 0. The molecule has 2 aliphatic rings. The van der Waals surface area contributed by atoms with Crippen LogP contribution in [0.5, 0.6) is 0 Å². The first-order valence-electron chi connectivity index (χ1n) is 8.31. The number of nitrogens with zero attached hydrogens (tertiary/aromatic N) is 1. The normalized spacial score (nSPS) is 27.2. The fraction of sp³-hybridized carbons (Fsp3) is 0.667. The molecule has 116 valence electrons. The Morgan fingerprint density at radius 1 is 1.24 bits per heavy atom. The van der Waals surface area contributed by atoms with Gasteiger partial charge in [-0.3, -0.25) is 4.90 Å². The van der Waals surface area contributed by atoms with Crippen molar-refractivity contribution in [2.75, 3.05) is 26.7 Å². The molecule has 1 saturated carbocycles. The van der Waals surface area contributed by atoms with Crippen LogP contribution in [0.3, 0.4) is 0 Å². The molecule has 3 heteroatoms. The summed E-state index contributed by atoms with van der Waals surface area (Å²) in [5, 5.41) is 3.55. The molecule has 0 radical (unpaired) electrons. The Kier molecular flexibility index (Phi) is 4.63. The molecule has 3 nitrogen and oxygen atoms in total. The van der Waals surface area contributed by atoms with Crippen molar-refractivity contribution in [2.45, 2.75) is 50.8 Å². The zero-order chi connectivity index (χ0) is 14.8. The lowest BCUT2D eigenvalue weighted by molar-refractivity contribution is -0.0622. The maximum absolute atomic E-state index is 6.12.